The zero-order valence-electron chi connectivity index (χ0n) is 12.0. The zero-order chi connectivity index (χ0) is 15.5. The number of nitrogens with one attached hydrogen (secondary N) is 1. The summed E-state index contributed by atoms with van der Waals surface area (Å²) in [6, 6.07) is 8.37. The average Bonchev–Trinajstić information content (AvgIpc) is 2.48. The maximum Gasteiger partial charge on any atom is 0.262 e. The van der Waals surface area contributed by atoms with E-state index in [9.17, 15) is 13.5 Å². The van der Waals surface area contributed by atoms with Crippen molar-refractivity contribution >= 4 is 15.7 Å². The Labute approximate surface area is 124 Å². The first kappa shape index (κ1) is 15.5. The van der Waals surface area contributed by atoms with Gasteiger partial charge in [-0.05, 0) is 42.7 Å². The fraction of sp³-hybridized carbons (Fsp3) is 0.267. The fourth-order valence-electron chi connectivity index (χ4n) is 1.98. The van der Waals surface area contributed by atoms with Gasteiger partial charge in [0.25, 0.3) is 10.0 Å². The molecule has 1 heterocycles. The Morgan fingerprint density at radius 1 is 1.24 bits per heavy atom. The van der Waals surface area contributed by atoms with E-state index in [0.29, 0.717) is 23.2 Å². The van der Waals surface area contributed by atoms with Crippen molar-refractivity contribution in [2.75, 3.05) is 4.72 Å². The second kappa shape index (κ2) is 6.24. The molecular weight excluding hydrogens is 288 g/mol. The van der Waals surface area contributed by atoms with Crippen LogP contribution < -0.4 is 4.72 Å². The minimum absolute atomic E-state index is 0.192. The Bertz CT molecular complexity index is 725. The minimum atomic E-state index is -3.70. The topological polar surface area (TPSA) is 79.3 Å². The van der Waals surface area contributed by atoms with Gasteiger partial charge in [0, 0.05) is 5.69 Å². The van der Waals surface area contributed by atoms with Gasteiger partial charge in [-0.25, -0.2) is 8.42 Å². The zero-order valence-corrected chi connectivity index (χ0v) is 12.8. The fourth-order valence-corrected chi connectivity index (χ4v) is 3.38. The number of nitrogens with zero attached hydrogens (tertiary/aromatic N) is 1. The van der Waals surface area contributed by atoms with Crippen LogP contribution in [0.3, 0.4) is 0 Å². The second-order valence-electron chi connectivity index (χ2n) is 4.75. The Balaban J connectivity index is 2.41. The predicted molar refractivity (Wildman–Crippen MR) is 81.5 cm³/mol. The first-order valence-corrected chi connectivity index (χ1v) is 8.12. The molecule has 0 saturated carbocycles. The summed E-state index contributed by atoms with van der Waals surface area (Å²) in [6.07, 6.45) is 2.07. The summed E-state index contributed by atoms with van der Waals surface area (Å²) in [5.41, 5.74) is 2.50. The Kier molecular flexibility index (Phi) is 4.59. The van der Waals surface area contributed by atoms with E-state index in [2.05, 4.69) is 9.71 Å². The van der Waals surface area contributed by atoms with Gasteiger partial charge in [0.15, 0.2) is 0 Å². The van der Waals surface area contributed by atoms with Crippen LogP contribution in [0.2, 0.25) is 0 Å². The number of aryl methyl sites for hydroxylation is 2. The Morgan fingerprint density at radius 3 is 2.57 bits per heavy atom. The van der Waals surface area contributed by atoms with E-state index in [1.54, 1.807) is 24.3 Å². The summed E-state index contributed by atoms with van der Waals surface area (Å²) in [5, 5.41) is 9.19. The van der Waals surface area contributed by atoms with Gasteiger partial charge in [0.1, 0.15) is 0 Å². The first-order valence-electron chi connectivity index (χ1n) is 6.64. The quantitative estimate of drug-likeness (QED) is 0.888. The number of aliphatic hydroxyl groups is 1. The van der Waals surface area contributed by atoms with E-state index in [1.807, 2.05) is 13.8 Å². The summed E-state index contributed by atoms with van der Waals surface area (Å²) in [6.45, 7) is 3.52. The average molecular weight is 306 g/mol. The lowest BCUT2D eigenvalue weighted by Crippen LogP contribution is -2.15. The highest BCUT2D eigenvalue weighted by Crippen LogP contribution is 2.21. The molecule has 1 aromatic heterocycles. The van der Waals surface area contributed by atoms with Gasteiger partial charge >= 0.3 is 0 Å². The number of hydrogen-bond acceptors (Lipinski definition) is 4. The van der Waals surface area contributed by atoms with Crippen molar-refractivity contribution in [1.29, 1.82) is 0 Å². The molecule has 0 aliphatic rings. The highest BCUT2D eigenvalue weighted by molar-refractivity contribution is 7.92. The lowest BCUT2D eigenvalue weighted by atomic mass is 10.1. The van der Waals surface area contributed by atoms with Crippen LogP contribution in [0.4, 0.5) is 5.69 Å². The van der Waals surface area contributed by atoms with Crippen LogP contribution in [-0.2, 0) is 23.1 Å². The molecule has 0 bridgehead atoms. The number of pyridine rings is 1. The lowest BCUT2D eigenvalue weighted by Gasteiger charge is -2.12. The van der Waals surface area contributed by atoms with Gasteiger partial charge in [-0.1, -0.05) is 19.1 Å². The summed E-state index contributed by atoms with van der Waals surface area (Å²) in [4.78, 5) is 4.26. The van der Waals surface area contributed by atoms with E-state index >= 15 is 0 Å². The van der Waals surface area contributed by atoms with E-state index in [1.165, 1.54) is 12.3 Å². The molecule has 0 atom stereocenters. The highest BCUT2D eigenvalue weighted by Gasteiger charge is 2.18. The monoisotopic (exact) mass is 306 g/mol. The van der Waals surface area contributed by atoms with Crippen molar-refractivity contribution in [2.45, 2.75) is 31.8 Å². The van der Waals surface area contributed by atoms with Gasteiger partial charge in [-0.2, -0.15) is 0 Å². The van der Waals surface area contributed by atoms with E-state index in [4.69, 9.17) is 0 Å². The van der Waals surface area contributed by atoms with Crippen molar-refractivity contribution in [2.24, 2.45) is 0 Å². The molecule has 1 aromatic carbocycles. The third kappa shape index (κ3) is 3.59. The van der Waals surface area contributed by atoms with Gasteiger partial charge < -0.3 is 5.11 Å². The van der Waals surface area contributed by atoms with Crippen LogP contribution >= 0.6 is 0 Å². The molecule has 0 amide bonds. The predicted octanol–water partition coefficient (Wildman–Crippen LogP) is 2.25. The maximum absolute atomic E-state index is 12.5. The molecule has 112 valence electrons. The van der Waals surface area contributed by atoms with Crippen molar-refractivity contribution in [3.63, 3.8) is 0 Å². The number of rotatable bonds is 5. The van der Waals surface area contributed by atoms with Crippen LogP contribution in [0.1, 0.15) is 23.7 Å². The summed E-state index contributed by atoms with van der Waals surface area (Å²) < 4.78 is 27.5. The molecule has 2 rings (SSSR count). The van der Waals surface area contributed by atoms with Crippen molar-refractivity contribution in [1.82, 2.24) is 4.98 Å². The number of benzene rings is 1. The number of sulfonamides is 1. The molecule has 21 heavy (non-hydrogen) atoms. The third-order valence-corrected chi connectivity index (χ3v) is 4.61. The minimum Gasteiger partial charge on any atom is -0.392 e. The normalized spacial score (nSPS) is 11.4. The number of hydrogen-bond donors (Lipinski definition) is 2. The number of anilines is 1. The first-order chi connectivity index (χ1) is 9.96. The summed E-state index contributed by atoms with van der Waals surface area (Å²) in [7, 11) is -3.70. The highest BCUT2D eigenvalue weighted by atomic mass is 32.2. The van der Waals surface area contributed by atoms with Crippen LogP contribution in [0.25, 0.3) is 0 Å². The van der Waals surface area contributed by atoms with Gasteiger partial charge in [0.05, 0.1) is 23.4 Å². The summed E-state index contributed by atoms with van der Waals surface area (Å²) >= 11 is 0. The van der Waals surface area contributed by atoms with Gasteiger partial charge in [0.2, 0.25) is 0 Å². The molecule has 0 saturated heterocycles. The molecule has 2 N–H and O–H groups in total. The molecule has 0 aliphatic heterocycles. The molecule has 2 aromatic rings. The lowest BCUT2D eigenvalue weighted by molar-refractivity contribution is 0.281. The second-order valence-corrected chi connectivity index (χ2v) is 6.40. The number of aliphatic hydroxyl groups excluding tert-OH is 1. The van der Waals surface area contributed by atoms with E-state index < -0.39 is 10.0 Å². The smallest absolute Gasteiger partial charge is 0.262 e. The molecule has 6 heteroatoms. The summed E-state index contributed by atoms with van der Waals surface area (Å²) in [5.74, 6) is 0. The van der Waals surface area contributed by atoms with Crippen LogP contribution in [0.15, 0.2) is 41.4 Å². The molecule has 0 fully saturated rings. The molecule has 5 nitrogen and oxygen atoms in total. The van der Waals surface area contributed by atoms with Crippen molar-refractivity contribution < 1.29 is 13.5 Å². The Hall–Kier alpha value is -1.92. The third-order valence-electron chi connectivity index (χ3n) is 3.15. The number of aromatic nitrogens is 1. The SMILES string of the molecule is CCc1ccc(CO)cc1S(=O)(=O)Nc1ccc(C)nc1. The van der Waals surface area contributed by atoms with Crippen molar-refractivity contribution in [3.05, 3.63) is 53.3 Å². The standard InChI is InChI=1S/C15H18N2O3S/c1-3-13-6-5-12(10-18)8-15(13)21(19,20)17-14-7-4-11(2)16-9-14/h4-9,17-18H,3,10H2,1-2H3. The van der Waals surface area contributed by atoms with Crippen LogP contribution in [0, 0.1) is 6.92 Å². The molecule has 0 spiro atoms. The van der Waals surface area contributed by atoms with Crippen LogP contribution in [0.5, 0.6) is 0 Å². The van der Waals surface area contributed by atoms with Crippen molar-refractivity contribution in [3.8, 4) is 0 Å². The van der Waals surface area contributed by atoms with Gasteiger partial charge in [-0.3, -0.25) is 9.71 Å². The van der Waals surface area contributed by atoms with E-state index in [0.717, 1.165) is 5.69 Å². The molecular formula is C15H18N2O3S. The van der Waals surface area contributed by atoms with Crippen LogP contribution in [-0.4, -0.2) is 18.5 Å². The maximum atomic E-state index is 12.5. The van der Waals surface area contributed by atoms with E-state index in [-0.39, 0.29) is 11.5 Å². The molecule has 0 radical (unpaired) electrons. The molecule has 0 aliphatic carbocycles. The van der Waals surface area contributed by atoms with Gasteiger partial charge in [-0.15, -0.1) is 0 Å². The largest absolute Gasteiger partial charge is 0.392 e. The Morgan fingerprint density at radius 2 is 2.00 bits per heavy atom. The molecule has 0 unspecified atom stereocenters.